The lowest BCUT2D eigenvalue weighted by atomic mass is 10.0. The molecule has 4 rings (SSSR count). The van der Waals surface area contributed by atoms with Crippen LogP contribution in [0, 0.1) is 24.8 Å². The molecule has 33 heavy (non-hydrogen) atoms. The van der Waals surface area contributed by atoms with Gasteiger partial charge in [0.05, 0.1) is 19.2 Å². The van der Waals surface area contributed by atoms with E-state index in [0.717, 1.165) is 49.1 Å². The summed E-state index contributed by atoms with van der Waals surface area (Å²) in [7, 11) is 0. The third-order valence-corrected chi connectivity index (χ3v) is 6.00. The number of rotatable bonds is 6. The molecule has 1 aromatic carbocycles. The van der Waals surface area contributed by atoms with Gasteiger partial charge >= 0.3 is 5.70 Å². The fourth-order valence-corrected chi connectivity index (χ4v) is 4.33. The zero-order chi connectivity index (χ0) is 23.4. The molecule has 0 radical (unpaired) electrons. The summed E-state index contributed by atoms with van der Waals surface area (Å²) in [6.07, 6.45) is 3.28. The summed E-state index contributed by atoms with van der Waals surface area (Å²) in [6.45, 7) is 11.3. The van der Waals surface area contributed by atoms with Gasteiger partial charge in [-0.15, -0.1) is 0 Å². The van der Waals surface area contributed by atoms with Crippen molar-refractivity contribution in [2.24, 2.45) is 0 Å². The molecule has 0 saturated carbocycles. The maximum Gasteiger partial charge on any atom is 0.300 e. The number of nitriles is 1. The molecule has 1 atom stereocenters. The molecule has 9 nitrogen and oxygen atoms in total. The summed E-state index contributed by atoms with van der Waals surface area (Å²) < 4.78 is 5.60. The summed E-state index contributed by atoms with van der Waals surface area (Å²) in [5.41, 5.74) is 1.23. The lowest BCUT2D eigenvalue weighted by Crippen LogP contribution is -2.53. The highest BCUT2D eigenvalue weighted by molar-refractivity contribution is 5.88. The number of furan rings is 1. The van der Waals surface area contributed by atoms with Crippen LogP contribution in [-0.2, 0) is 9.59 Å². The van der Waals surface area contributed by atoms with Crippen molar-refractivity contribution in [1.29, 1.82) is 5.26 Å². The van der Waals surface area contributed by atoms with Crippen molar-refractivity contribution in [1.82, 2.24) is 15.1 Å². The Morgan fingerprint density at radius 1 is 1.27 bits per heavy atom. The Kier molecular flexibility index (Phi) is 6.50. The van der Waals surface area contributed by atoms with E-state index in [4.69, 9.17) is 11.0 Å². The van der Waals surface area contributed by atoms with Gasteiger partial charge in [-0.1, -0.05) is 0 Å². The largest absolute Gasteiger partial charge is 0.461 e. The Morgan fingerprint density at radius 2 is 2.06 bits per heavy atom. The first-order valence-corrected chi connectivity index (χ1v) is 11.1. The standard InChI is InChI=1S/C24H26N6O3/c1-16-12-17-13-18(7-8-21(17)33-16)27-23(20(14-25)26-2)28-19-6-5-11-30(24(19)32)15-22(31)29-9-3-4-10-29/h7-8,12-13,19,27-28H,3-6,9-11,15H2,1H3/b23-20+/t19-/m0/s1. The van der Waals surface area contributed by atoms with E-state index in [1.807, 2.05) is 31.2 Å². The number of carbonyl (C=O) groups excluding carboxylic acids is 2. The molecule has 2 aliphatic rings. The average Bonchev–Trinajstić information content (AvgIpc) is 3.46. The predicted octanol–water partition coefficient (Wildman–Crippen LogP) is 2.97. The van der Waals surface area contributed by atoms with Crippen LogP contribution in [0.3, 0.4) is 0 Å². The van der Waals surface area contributed by atoms with Gasteiger partial charge in [0.25, 0.3) is 0 Å². The van der Waals surface area contributed by atoms with E-state index in [-0.39, 0.29) is 29.9 Å². The van der Waals surface area contributed by atoms with Crippen LogP contribution in [0.2, 0.25) is 0 Å². The Hall–Kier alpha value is -3.98. The number of hydrogen-bond acceptors (Lipinski definition) is 6. The van der Waals surface area contributed by atoms with E-state index in [9.17, 15) is 14.9 Å². The maximum absolute atomic E-state index is 13.1. The molecule has 0 unspecified atom stereocenters. The van der Waals surface area contributed by atoms with Crippen molar-refractivity contribution in [2.75, 3.05) is 31.5 Å². The molecular weight excluding hydrogens is 420 g/mol. The molecule has 2 saturated heterocycles. The number of nitrogens with one attached hydrogen (secondary N) is 2. The molecular formula is C24H26N6O3. The molecule has 170 valence electrons. The minimum absolute atomic E-state index is 0.0297. The normalized spacial score (nSPS) is 19.1. The number of fused-ring (bicyclic) bond motifs is 1. The monoisotopic (exact) mass is 446 g/mol. The second kappa shape index (κ2) is 9.66. The molecule has 1 aromatic heterocycles. The molecule has 0 bridgehead atoms. The van der Waals surface area contributed by atoms with Gasteiger partial charge in [0.1, 0.15) is 23.2 Å². The van der Waals surface area contributed by atoms with Crippen LogP contribution in [0.25, 0.3) is 15.8 Å². The number of piperidine rings is 1. The fourth-order valence-electron chi connectivity index (χ4n) is 4.33. The molecule has 2 amide bonds. The summed E-state index contributed by atoms with van der Waals surface area (Å²) in [5.74, 6) is 0.735. The zero-order valence-corrected chi connectivity index (χ0v) is 18.6. The van der Waals surface area contributed by atoms with Crippen LogP contribution in [0.4, 0.5) is 5.69 Å². The van der Waals surface area contributed by atoms with Crippen LogP contribution in [0.1, 0.15) is 31.4 Å². The first-order valence-electron chi connectivity index (χ1n) is 11.1. The van der Waals surface area contributed by atoms with Crippen LogP contribution >= 0.6 is 0 Å². The number of nitrogens with zero attached hydrogens (tertiary/aromatic N) is 4. The SMILES string of the molecule is [C-]#[N+]/C(C#N)=C(\Nc1ccc2oc(C)cc2c1)N[C@H]1CCCN(CC(=O)N2CCCC2)C1=O. The van der Waals surface area contributed by atoms with E-state index in [1.165, 1.54) is 0 Å². The van der Waals surface area contributed by atoms with Gasteiger partial charge in [-0.2, -0.15) is 0 Å². The second-order valence-electron chi connectivity index (χ2n) is 8.37. The van der Waals surface area contributed by atoms with Crippen molar-refractivity contribution >= 4 is 28.5 Å². The smallest absolute Gasteiger partial charge is 0.300 e. The number of aryl methyl sites for hydroxylation is 1. The van der Waals surface area contributed by atoms with E-state index in [2.05, 4.69) is 15.5 Å². The molecule has 2 fully saturated rings. The third kappa shape index (κ3) is 4.93. The van der Waals surface area contributed by atoms with E-state index in [1.54, 1.807) is 15.9 Å². The topological polar surface area (TPSA) is 106 Å². The number of carbonyl (C=O) groups is 2. The summed E-state index contributed by atoms with van der Waals surface area (Å²) in [4.78, 5) is 32.3. The highest BCUT2D eigenvalue weighted by Crippen LogP contribution is 2.24. The predicted molar refractivity (Wildman–Crippen MR) is 122 cm³/mol. The van der Waals surface area contributed by atoms with Crippen molar-refractivity contribution in [3.05, 3.63) is 53.0 Å². The van der Waals surface area contributed by atoms with Gasteiger partial charge in [0.15, 0.2) is 0 Å². The lowest BCUT2D eigenvalue weighted by molar-refractivity contribution is -0.142. The Bertz CT molecular complexity index is 1160. The molecule has 2 N–H and O–H groups in total. The number of allylic oxidation sites excluding steroid dienone is 1. The molecule has 0 spiro atoms. The summed E-state index contributed by atoms with van der Waals surface area (Å²) in [5, 5.41) is 16.5. The van der Waals surface area contributed by atoms with Gasteiger partial charge in [-0.25, -0.2) is 10.1 Å². The maximum atomic E-state index is 13.1. The van der Waals surface area contributed by atoms with Crippen LogP contribution in [0.5, 0.6) is 0 Å². The van der Waals surface area contributed by atoms with Gasteiger partial charge in [0.2, 0.25) is 11.8 Å². The fraction of sp³-hybridized carbons (Fsp3) is 0.417. The van der Waals surface area contributed by atoms with Crippen LogP contribution < -0.4 is 10.6 Å². The molecule has 0 aliphatic carbocycles. The van der Waals surface area contributed by atoms with Crippen molar-refractivity contribution in [3.8, 4) is 6.07 Å². The van der Waals surface area contributed by atoms with E-state index < -0.39 is 6.04 Å². The average molecular weight is 447 g/mol. The molecule has 3 heterocycles. The van der Waals surface area contributed by atoms with Gasteiger partial charge in [0, 0.05) is 30.7 Å². The number of anilines is 1. The number of amides is 2. The quantitative estimate of drug-likeness (QED) is 0.522. The van der Waals surface area contributed by atoms with E-state index in [0.29, 0.717) is 18.7 Å². The lowest BCUT2D eigenvalue weighted by Gasteiger charge is -2.34. The summed E-state index contributed by atoms with van der Waals surface area (Å²) in [6, 6.07) is 8.62. The Labute approximate surface area is 192 Å². The van der Waals surface area contributed by atoms with Gasteiger partial charge in [-0.3, -0.25) is 9.59 Å². The van der Waals surface area contributed by atoms with Gasteiger partial charge in [-0.05, 0) is 56.9 Å². The van der Waals surface area contributed by atoms with Crippen LogP contribution in [0.15, 0.2) is 40.2 Å². The Morgan fingerprint density at radius 3 is 2.79 bits per heavy atom. The second-order valence-corrected chi connectivity index (χ2v) is 8.37. The summed E-state index contributed by atoms with van der Waals surface area (Å²) >= 11 is 0. The molecule has 2 aromatic rings. The van der Waals surface area contributed by atoms with Gasteiger partial charge < -0.3 is 24.9 Å². The highest BCUT2D eigenvalue weighted by atomic mass is 16.3. The highest BCUT2D eigenvalue weighted by Gasteiger charge is 2.32. The molecule has 2 aliphatic heterocycles. The van der Waals surface area contributed by atoms with Crippen molar-refractivity contribution < 1.29 is 14.0 Å². The van der Waals surface area contributed by atoms with E-state index >= 15 is 0 Å². The minimum atomic E-state index is -0.627. The van der Waals surface area contributed by atoms with Crippen molar-refractivity contribution in [3.63, 3.8) is 0 Å². The first kappa shape index (κ1) is 22.2. The van der Waals surface area contributed by atoms with Crippen molar-refractivity contribution in [2.45, 2.75) is 38.6 Å². The van der Waals surface area contributed by atoms with Crippen LogP contribution in [-0.4, -0.2) is 53.8 Å². The first-order chi connectivity index (χ1) is 16.0. The number of likely N-dealkylation sites (tertiary alicyclic amines) is 2. The Balaban J connectivity index is 1.50. The third-order valence-electron chi connectivity index (χ3n) is 6.00. The molecule has 9 heteroatoms. The number of benzene rings is 1. The zero-order valence-electron chi connectivity index (χ0n) is 18.6. The minimum Gasteiger partial charge on any atom is -0.461 e. The number of hydrogen-bond donors (Lipinski definition) is 2.